The van der Waals surface area contributed by atoms with Gasteiger partial charge in [0.05, 0.1) is 0 Å². The number of ether oxygens (including phenoxy) is 1. The van der Waals surface area contributed by atoms with Gasteiger partial charge < -0.3 is 9.72 Å². The van der Waals surface area contributed by atoms with Gasteiger partial charge in [-0.15, -0.1) is 0 Å². The number of nitrogens with one attached hydrogen (secondary N) is 1. The van der Waals surface area contributed by atoms with Gasteiger partial charge in [0.2, 0.25) is 0 Å². The van der Waals surface area contributed by atoms with E-state index in [4.69, 9.17) is 4.74 Å². The lowest BCUT2D eigenvalue weighted by atomic mass is 10.2. The summed E-state index contributed by atoms with van der Waals surface area (Å²) in [6.45, 7) is 4.16. The van der Waals surface area contributed by atoms with E-state index in [1.807, 2.05) is 30.5 Å². The van der Waals surface area contributed by atoms with Crippen LogP contribution in [-0.4, -0.2) is 11.6 Å². The van der Waals surface area contributed by atoms with E-state index in [1.165, 1.54) is 0 Å². The zero-order chi connectivity index (χ0) is 9.10. The molecule has 1 heterocycles. The minimum atomic E-state index is 0.546. The Morgan fingerprint density at radius 2 is 2.31 bits per heavy atom. The Bertz CT molecular complexity index is 417. The van der Waals surface area contributed by atoms with Crippen molar-refractivity contribution in [2.45, 2.75) is 0 Å². The zero-order valence-corrected chi connectivity index (χ0v) is 7.29. The lowest BCUT2D eigenvalue weighted by Crippen LogP contribution is -1.92. The number of H-pyrrole nitrogens is 1. The Labute approximate surface area is 76.8 Å². The predicted molar refractivity (Wildman–Crippen MR) is 54.0 cm³/mol. The molecule has 0 amide bonds. The van der Waals surface area contributed by atoms with Crippen LogP contribution in [0.2, 0.25) is 0 Å². The molecular weight excluding hydrogens is 162 g/mol. The SMILES string of the molecule is C=CCOc1cccc2[nH]ccc12. The van der Waals surface area contributed by atoms with Gasteiger partial charge in [0, 0.05) is 17.1 Å². The van der Waals surface area contributed by atoms with Gasteiger partial charge in [-0.3, -0.25) is 0 Å². The van der Waals surface area contributed by atoms with E-state index in [-0.39, 0.29) is 0 Å². The second kappa shape index (κ2) is 3.35. The van der Waals surface area contributed by atoms with Crippen LogP contribution in [0.1, 0.15) is 0 Å². The molecule has 0 spiro atoms. The summed E-state index contributed by atoms with van der Waals surface area (Å²) in [6.07, 6.45) is 3.65. The third kappa shape index (κ3) is 1.43. The van der Waals surface area contributed by atoms with Gasteiger partial charge in [0.1, 0.15) is 12.4 Å². The summed E-state index contributed by atoms with van der Waals surface area (Å²) in [4.78, 5) is 3.13. The van der Waals surface area contributed by atoms with Crippen LogP contribution in [0.15, 0.2) is 43.1 Å². The maximum absolute atomic E-state index is 5.49. The summed E-state index contributed by atoms with van der Waals surface area (Å²) in [5.41, 5.74) is 1.10. The second-order valence-electron chi connectivity index (χ2n) is 2.79. The highest BCUT2D eigenvalue weighted by Gasteiger charge is 2.00. The van der Waals surface area contributed by atoms with E-state index < -0.39 is 0 Å². The van der Waals surface area contributed by atoms with Crippen molar-refractivity contribution in [2.75, 3.05) is 6.61 Å². The first kappa shape index (κ1) is 7.92. The summed E-state index contributed by atoms with van der Waals surface area (Å²) in [5, 5.41) is 1.12. The van der Waals surface area contributed by atoms with Crippen LogP contribution in [0.3, 0.4) is 0 Å². The fraction of sp³-hybridized carbons (Fsp3) is 0.0909. The van der Waals surface area contributed by atoms with Crippen LogP contribution in [0, 0.1) is 0 Å². The van der Waals surface area contributed by atoms with E-state index in [9.17, 15) is 0 Å². The lowest BCUT2D eigenvalue weighted by molar-refractivity contribution is 0.367. The number of aromatic nitrogens is 1. The molecule has 0 aliphatic heterocycles. The molecule has 1 aromatic heterocycles. The van der Waals surface area contributed by atoms with Gasteiger partial charge in [-0.25, -0.2) is 0 Å². The van der Waals surface area contributed by atoms with E-state index >= 15 is 0 Å². The summed E-state index contributed by atoms with van der Waals surface area (Å²) in [5.74, 6) is 0.902. The monoisotopic (exact) mass is 173 g/mol. The summed E-state index contributed by atoms with van der Waals surface area (Å²) < 4.78 is 5.49. The number of rotatable bonds is 3. The van der Waals surface area contributed by atoms with Crippen LogP contribution in [0.4, 0.5) is 0 Å². The first-order valence-corrected chi connectivity index (χ1v) is 4.21. The van der Waals surface area contributed by atoms with Gasteiger partial charge in [-0.1, -0.05) is 18.7 Å². The highest BCUT2D eigenvalue weighted by atomic mass is 16.5. The second-order valence-corrected chi connectivity index (χ2v) is 2.79. The first-order valence-electron chi connectivity index (χ1n) is 4.21. The Morgan fingerprint density at radius 1 is 1.38 bits per heavy atom. The number of fused-ring (bicyclic) bond motifs is 1. The van der Waals surface area contributed by atoms with Crippen molar-refractivity contribution in [3.05, 3.63) is 43.1 Å². The van der Waals surface area contributed by atoms with Gasteiger partial charge >= 0.3 is 0 Å². The van der Waals surface area contributed by atoms with E-state index in [0.717, 1.165) is 16.7 Å². The molecule has 2 nitrogen and oxygen atoms in total. The van der Waals surface area contributed by atoms with Crippen molar-refractivity contribution in [3.8, 4) is 5.75 Å². The molecular formula is C11H11NO. The third-order valence-corrected chi connectivity index (χ3v) is 1.91. The van der Waals surface area contributed by atoms with Gasteiger partial charge in [0.25, 0.3) is 0 Å². The van der Waals surface area contributed by atoms with Crippen LogP contribution in [0.5, 0.6) is 5.75 Å². The summed E-state index contributed by atoms with van der Waals surface area (Å²) >= 11 is 0. The fourth-order valence-electron chi connectivity index (χ4n) is 1.33. The topological polar surface area (TPSA) is 25.0 Å². The number of hydrogen-bond donors (Lipinski definition) is 1. The smallest absolute Gasteiger partial charge is 0.129 e. The molecule has 2 heteroatoms. The molecule has 13 heavy (non-hydrogen) atoms. The molecule has 2 aromatic rings. The standard InChI is InChI=1S/C11H11NO/c1-2-8-13-11-5-3-4-10-9(11)6-7-12-10/h2-7,12H,1,8H2. The van der Waals surface area contributed by atoms with Crippen LogP contribution in [0.25, 0.3) is 10.9 Å². The maximum Gasteiger partial charge on any atom is 0.129 e. The highest BCUT2D eigenvalue weighted by molar-refractivity contribution is 5.85. The summed E-state index contributed by atoms with van der Waals surface area (Å²) in [6, 6.07) is 7.96. The molecule has 0 bridgehead atoms. The normalized spacial score (nSPS) is 10.2. The Kier molecular flexibility index (Phi) is 2.04. The zero-order valence-electron chi connectivity index (χ0n) is 7.29. The number of hydrogen-bond acceptors (Lipinski definition) is 1. The molecule has 0 aliphatic carbocycles. The maximum atomic E-state index is 5.49. The first-order chi connectivity index (χ1) is 6.42. The van der Waals surface area contributed by atoms with Gasteiger partial charge in [-0.2, -0.15) is 0 Å². The molecule has 2 rings (SSSR count). The van der Waals surface area contributed by atoms with Gasteiger partial charge in [-0.05, 0) is 18.2 Å². The minimum absolute atomic E-state index is 0.546. The molecule has 0 atom stereocenters. The van der Waals surface area contributed by atoms with Crippen LogP contribution in [-0.2, 0) is 0 Å². The van der Waals surface area contributed by atoms with E-state index in [2.05, 4.69) is 11.6 Å². The van der Waals surface area contributed by atoms with Crippen molar-refractivity contribution in [3.63, 3.8) is 0 Å². The lowest BCUT2D eigenvalue weighted by Gasteiger charge is -2.03. The predicted octanol–water partition coefficient (Wildman–Crippen LogP) is 2.73. The van der Waals surface area contributed by atoms with Crippen molar-refractivity contribution in [1.29, 1.82) is 0 Å². The molecule has 0 fully saturated rings. The van der Waals surface area contributed by atoms with Crippen molar-refractivity contribution in [1.82, 2.24) is 4.98 Å². The minimum Gasteiger partial charge on any atom is -0.489 e. The van der Waals surface area contributed by atoms with E-state index in [0.29, 0.717) is 6.61 Å². The number of benzene rings is 1. The average Bonchev–Trinajstić information content (AvgIpc) is 2.62. The van der Waals surface area contributed by atoms with Crippen molar-refractivity contribution >= 4 is 10.9 Å². The van der Waals surface area contributed by atoms with Crippen LogP contribution >= 0.6 is 0 Å². The summed E-state index contributed by atoms with van der Waals surface area (Å²) in [7, 11) is 0. The molecule has 0 aliphatic rings. The van der Waals surface area contributed by atoms with Crippen molar-refractivity contribution in [2.24, 2.45) is 0 Å². The van der Waals surface area contributed by atoms with E-state index in [1.54, 1.807) is 6.08 Å². The molecule has 0 unspecified atom stereocenters. The molecule has 1 N–H and O–H groups in total. The molecule has 1 aromatic carbocycles. The highest BCUT2D eigenvalue weighted by Crippen LogP contribution is 2.24. The molecule has 0 radical (unpaired) electrons. The Morgan fingerprint density at radius 3 is 3.15 bits per heavy atom. The van der Waals surface area contributed by atoms with Crippen molar-refractivity contribution < 1.29 is 4.74 Å². The fourth-order valence-corrected chi connectivity index (χ4v) is 1.33. The van der Waals surface area contributed by atoms with Gasteiger partial charge in [0.15, 0.2) is 0 Å². The quantitative estimate of drug-likeness (QED) is 0.709. The molecule has 0 saturated heterocycles. The average molecular weight is 173 g/mol. The molecule has 0 saturated carbocycles. The third-order valence-electron chi connectivity index (χ3n) is 1.91. The number of aromatic amines is 1. The van der Waals surface area contributed by atoms with Crippen LogP contribution < -0.4 is 4.74 Å². The Hall–Kier alpha value is -1.70. The molecule has 66 valence electrons. The largest absolute Gasteiger partial charge is 0.489 e. The Balaban J connectivity index is 2.42.